The van der Waals surface area contributed by atoms with Crippen LogP contribution in [0.3, 0.4) is 0 Å². The molecule has 0 fully saturated rings. The largest absolute Gasteiger partial charge is 0.468 e. The number of alkyl halides is 3. The van der Waals surface area contributed by atoms with Gasteiger partial charge in [-0.25, -0.2) is 9.98 Å². The molecule has 0 aliphatic heterocycles. The molecule has 28 heavy (non-hydrogen) atoms. The number of nitrogens with zero attached hydrogens (tertiary/aromatic N) is 2. The Balaban J connectivity index is 1.98. The van der Waals surface area contributed by atoms with E-state index in [0.29, 0.717) is 18.1 Å². The van der Waals surface area contributed by atoms with E-state index >= 15 is 0 Å². The van der Waals surface area contributed by atoms with Crippen molar-refractivity contribution in [2.24, 2.45) is 4.99 Å². The van der Waals surface area contributed by atoms with Crippen molar-refractivity contribution in [2.45, 2.75) is 32.2 Å². The fourth-order valence-electron chi connectivity index (χ4n) is 2.22. The minimum Gasteiger partial charge on any atom is -0.468 e. The SMILES string of the molecule is CCNC(=NCc1ccnc(OCC(F)(F)F)c1)NCC(C)(O)c1ccsc1. The quantitative estimate of drug-likeness (QED) is 0.455. The Hall–Kier alpha value is -2.33. The second kappa shape index (κ2) is 9.74. The van der Waals surface area contributed by atoms with E-state index in [0.717, 1.165) is 5.56 Å². The highest BCUT2D eigenvalue weighted by molar-refractivity contribution is 7.08. The van der Waals surface area contributed by atoms with Crippen molar-refractivity contribution in [3.8, 4) is 5.88 Å². The summed E-state index contributed by atoms with van der Waals surface area (Å²) < 4.78 is 41.4. The minimum absolute atomic E-state index is 0.108. The van der Waals surface area contributed by atoms with Gasteiger partial charge in [-0.3, -0.25) is 0 Å². The topological polar surface area (TPSA) is 78.8 Å². The van der Waals surface area contributed by atoms with E-state index in [1.807, 2.05) is 23.8 Å². The number of aliphatic imine (C=N–C) groups is 1. The van der Waals surface area contributed by atoms with Crippen LogP contribution in [0.2, 0.25) is 0 Å². The molecule has 0 aromatic carbocycles. The number of thiophene rings is 1. The molecule has 10 heteroatoms. The van der Waals surface area contributed by atoms with Gasteiger partial charge >= 0.3 is 6.18 Å². The van der Waals surface area contributed by atoms with Crippen molar-refractivity contribution in [2.75, 3.05) is 19.7 Å². The molecule has 0 aliphatic carbocycles. The summed E-state index contributed by atoms with van der Waals surface area (Å²) >= 11 is 1.50. The molecule has 154 valence electrons. The first-order valence-electron chi connectivity index (χ1n) is 8.61. The molecule has 0 saturated heterocycles. The number of aliphatic hydroxyl groups is 1. The number of pyridine rings is 1. The molecule has 0 bridgehead atoms. The molecule has 3 N–H and O–H groups in total. The molecule has 2 aromatic heterocycles. The number of aromatic nitrogens is 1. The van der Waals surface area contributed by atoms with Gasteiger partial charge in [0, 0.05) is 18.8 Å². The third kappa shape index (κ3) is 7.35. The molecular weight excluding hydrogens is 393 g/mol. The van der Waals surface area contributed by atoms with Gasteiger partial charge in [0.05, 0.1) is 13.1 Å². The number of hydrogen-bond donors (Lipinski definition) is 3. The lowest BCUT2D eigenvalue weighted by atomic mass is 9.99. The molecule has 2 heterocycles. The fraction of sp³-hybridized carbons (Fsp3) is 0.444. The van der Waals surface area contributed by atoms with Gasteiger partial charge in [0.1, 0.15) is 5.60 Å². The predicted octanol–water partition coefficient (Wildman–Crippen LogP) is 3.05. The van der Waals surface area contributed by atoms with Gasteiger partial charge in [0.25, 0.3) is 0 Å². The first-order chi connectivity index (χ1) is 13.2. The van der Waals surface area contributed by atoms with Crippen LogP contribution in [0.5, 0.6) is 5.88 Å². The Morgan fingerprint density at radius 2 is 2.11 bits per heavy atom. The first kappa shape index (κ1) is 22.0. The van der Waals surface area contributed by atoms with Crippen LogP contribution >= 0.6 is 11.3 Å². The Labute approximate surface area is 165 Å². The van der Waals surface area contributed by atoms with E-state index in [4.69, 9.17) is 0 Å². The molecule has 0 aliphatic rings. The number of ether oxygens (including phenoxy) is 1. The summed E-state index contributed by atoms with van der Waals surface area (Å²) in [6.07, 6.45) is -3.05. The maximum Gasteiger partial charge on any atom is 0.422 e. The van der Waals surface area contributed by atoms with Crippen molar-refractivity contribution in [1.82, 2.24) is 15.6 Å². The number of nitrogens with one attached hydrogen (secondary N) is 2. The van der Waals surface area contributed by atoms with Crippen molar-refractivity contribution in [1.29, 1.82) is 0 Å². The molecular formula is C18H23F3N4O2S. The lowest BCUT2D eigenvalue weighted by Crippen LogP contribution is -2.44. The van der Waals surface area contributed by atoms with Crippen LogP contribution in [0.1, 0.15) is 25.0 Å². The van der Waals surface area contributed by atoms with Crippen LogP contribution in [0, 0.1) is 0 Å². The lowest BCUT2D eigenvalue weighted by Gasteiger charge is -2.24. The molecule has 0 spiro atoms. The summed E-state index contributed by atoms with van der Waals surface area (Å²) in [5, 5.41) is 20.5. The van der Waals surface area contributed by atoms with Crippen LogP contribution in [-0.4, -0.2) is 41.9 Å². The Kier molecular flexibility index (Phi) is 7.64. The summed E-state index contributed by atoms with van der Waals surface area (Å²) in [4.78, 5) is 8.17. The predicted molar refractivity (Wildman–Crippen MR) is 102 cm³/mol. The van der Waals surface area contributed by atoms with Crippen LogP contribution in [0.4, 0.5) is 13.2 Å². The zero-order valence-corrected chi connectivity index (χ0v) is 16.4. The van der Waals surface area contributed by atoms with Gasteiger partial charge in [-0.2, -0.15) is 24.5 Å². The van der Waals surface area contributed by atoms with Gasteiger partial charge < -0.3 is 20.5 Å². The van der Waals surface area contributed by atoms with Crippen molar-refractivity contribution in [3.63, 3.8) is 0 Å². The maximum atomic E-state index is 12.3. The number of halogens is 3. The first-order valence-corrected chi connectivity index (χ1v) is 9.55. The van der Waals surface area contributed by atoms with Gasteiger partial charge in [-0.1, -0.05) is 0 Å². The molecule has 2 aromatic rings. The zero-order chi connectivity index (χ0) is 20.6. The van der Waals surface area contributed by atoms with E-state index in [1.165, 1.54) is 23.6 Å². The van der Waals surface area contributed by atoms with Crippen LogP contribution in [-0.2, 0) is 12.1 Å². The van der Waals surface area contributed by atoms with E-state index in [1.54, 1.807) is 13.0 Å². The van der Waals surface area contributed by atoms with E-state index < -0.39 is 18.4 Å². The Morgan fingerprint density at radius 3 is 2.75 bits per heavy atom. The standard InChI is InChI=1S/C18H23F3N4O2S/c1-3-22-16(25-11-17(2,26)14-5-7-28-10-14)24-9-13-4-6-23-15(8-13)27-12-18(19,20)21/h4-8,10,26H,3,9,11-12H2,1-2H3,(H2,22,24,25). The minimum atomic E-state index is -4.42. The normalized spacial score (nSPS) is 14.4. The van der Waals surface area contributed by atoms with Crippen LogP contribution in [0.15, 0.2) is 40.1 Å². The second-order valence-corrected chi connectivity index (χ2v) is 7.02. The number of hydrogen-bond acceptors (Lipinski definition) is 5. The third-order valence-electron chi connectivity index (χ3n) is 3.69. The average molecular weight is 416 g/mol. The van der Waals surface area contributed by atoms with Gasteiger partial charge in [0.15, 0.2) is 12.6 Å². The highest BCUT2D eigenvalue weighted by Gasteiger charge is 2.28. The smallest absolute Gasteiger partial charge is 0.422 e. The summed E-state index contributed by atoms with van der Waals surface area (Å²) in [7, 11) is 0. The summed E-state index contributed by atoms with van der Waals surface area (Å²) in [5.74, 6) is 0.371. The van der Waals surface area contributed by atoms with Crippen LogP contribution in [0.25, 0.3) is 0 Å². The number of rotatable bonds is 8. The fourth-order valence-corrected chi connectivity index (χ4v) is 3.01. The summed E-state index contributed by atoms with van der Waals surface area (Å²) in [6, 6.07) is 4.92. The zero-order valence-electron chi connectivity index (χ0n) is 15.6. The second-order valence-electron chi connectivity index (χ2n) is 6.24. The molecule has 1 unspecified atom stereocenters. The molecule has 0 saturated carbocycles. The Bertz CT molecular complexity index is 764. The highest BCUT2D eigenvalue weighted by Crippen LogP contribution is 2.22. The van der Waals surface area contributed by atoms with Crippen molar-refractivity contribution in [3.05, 3.63) is 46.3 Å². The summed E-state index contributed by atoms with van der Waals surface area (Å²) in [6.45, 7) is 3.28. The molecule has 0 amide bonds. The molecule has 1 atom stereocenters. The molecule has 0 radical (unpaired) electrons. The van der Waals surface area contributed by atoms with Gasteiger partial charge in [0.2, 0.25) is 5.88 Å². The van der Waals surface area contributed by atoms with E-state index in [-0.39, 0.29) is 19.0 Å². The van der Waals surface area contributed by atoms with Gasteiger partial charge in [-0.05, 0) is 47.9 Å². The maximum absolute atomic E-state index is 12.3. The van der Waals surface area contributed by atoms with Gasteiger partial charge in [-0.15, -0.1) is 0 Å². The average Bonchev–Trinajstić information content (AvgIpc) is 3.18. The molecule has 6 nitrogen and oxygen atoms in total. The van der Waals surface area contributed by atoms with E-state index in [9.17, 15) is 18.3 Å². The highest BCUT2D eigenvalue weighted by atomic mass is 32.1. The Morgan fingerprint density at radius 1 is 1.32 bits per heavy atom. The van der Waals surface area contributed by atoms with Crippen LogP contribution < -0.4 is 15.4 Å². The third-order valence-corrected chi connectivity index (χ3v) is 4.37. The lowest BCUT2D eigenvalue weighted by molar-refractivity contribution is -0.154. The number of guanidine groups is 1. The van der Waals surface area contributed by atoms with Crippen molar-refractivity contribution >= 4 is 17.3 Å². The monoisotopic (exact) mass is 416 g/mol. The van der Waals surface area contributed by atoms with Crippen molar-refractivity contribution < 1.29 is 23.0 Å². The summed E-state index contributed by atoms with van der Waals surface area (Å²) in [5.41, 5.74) is 0.390. The van der Waals surface area contributed by atoms with E-state index in [2.05, 4.69) is 25.3 Å². The molecule has 2 rings (SSSR count).